The summed E-state index contributed by atoms with van der Waals surface area (Å²) in [6.45, 7) is 4.47. The van der Waals surface area contributed by atoms with E-state index in [-0.39, 0.29) is 0 Å². The molecule has 0 N–H and O–H groups in total. The molecule has 1 unspecified atom stereocenters. The van der Waals surface area contributed by atoms with Crippen molar-refractivity contribution in [1.82, 2.24) is 0 Å². The second-order valence-electron chi connectivity index (χ2n) is 15.5. The van der Waals surface area contributed by atoms with E-state index in [0.29, 0.717) is 0 Å². The summed E-state index contributed by atoms with van der Waals surface area (Å²) < 4.78 is 0. The Kier molecular flexibility index (Phi) is 6.92. The van der Waals surface area contributed by atoms with Gasteiger partial charge in [-0.3, -0.25) is 0 Å². The molecule has 0 fully saturated rings. The lowest BCUT2D eigenvalue weighted by molar-refractivity contribution is 0.787. The number of anilines is 3. The van der Waals surface area contributed by atoms with E-state index < -0.39 is 5.41 Å². The molecule has 0 heterocycles. The van der Waals surface area contributed by atoms with Crippen LogP contribution in [0.5, 0.6) is 0 Å². The number of fused-ring (bicyclic) bond motifs is 12. The molecule has 54 heavy (non-hydrogen) atoms. The van der Waals surface area contributed by atoms with Crippen molar-refractivity contribution in [2.45, 2.75) is 44.9 Å². The largest absolute Gasteiger partial charge is 0.310 e. The van der Waals surface area contributed by atoms with E-state index in [1.54, 1.807) is 0 Å². The molecule has 0 aliphatic heterocycles. The third kappa shape index (κ3) is 4.39. The molecule has 7 aromatic carbocycles. The zero-order valence-corrected chi connectivity index (χ0v) is 30.9. The highest BCUT2D eigenvalue weighted by Crippen LogP contribution is 2.65. The van der Waals surface area contributed by atoms with Crippen LogP contribution in [0.2, 0.25) is 0 Å². The van der Waals surface area contributed by atoms with Crippen LogP contribution < -0.4 is 4.90 Å². The van der Waals surface area contributed by atoms with Crippen LogP contribution in [-0.2, 0) is 11.8 Å². The topological polar surface area (TPSA) is 3.24 Å². The highest BCUT2D eigenvalue weighted by Gasteiger charge is 2.53. The molecule has 258 valence electrons. The van der Waals surface area contributed by atoms with Crippen LogP contribution >= 0.6 is 0 Å². The molecule has 1 spiro atoms. The van der Waals surface area contributed by atoms with Crippen molar-refractivity contribution in [1.29, 1.82) is 0 Å². The highest BCUT2D eigenvalue weighted by molar-refractivity contribution is 6.05. The maximum atomic E-state index is 2.54. The number of hydrogen-bond donors (Lipinski definition) is 0. The van der Waals surface area contributed by atoms with Crippen LogP contribution in [-0.4, -0.2) is 0 Å². The maximum absolute atomic E-state index is 2.54. The van der Waals surface area contributed by atoms with Crippen molar-refractivity contribution in [2.75, 3.05) is 4.90 Å². The van der Waals surface area contributed by atoms with Gasteiger partial charge >= 0.3 is 0 Å². The maximum Gasteiger partial charge on any atom is 0.0728 e. The lowest BCUT2D eigenvalue weighted by Crippen LogP contribution is -2.27. The Balaban J connectivity index is 1.18. The number of nitrogens with zero attached hydrogens (tertiary/aromatic N) is 1. The van der Waals surface area contributed by atoms with Gasteiger partial charge in [-0.2, -0.15) is 0 Å². The fraction of sp³-hybridized carbons (Fsp3) is 0.132. The summed E-state index contributed by atoms with van der Waals surface area (Å²) >= 11 is 0. The van der Waals surface area contributed by atoms with Crippen molar-refractivity contribution in [3.63, 3.8) is 0 Å². The van der Waals surface area contributed by atoms with Gasteiger partial charge in [0.2, 0.25) is 0 Å². The molecule has 0 saturated carbocycles. The Hall–Kier alpha value is -6.18. The van der Waals surface area contributed by atoms with Gasteiger partial charge in [-0.1, -0.05) is 127 Å². The molecule has 4 aliphatic carbocycles. The van der Waals surface area contributed by atoms with Gasteiger partial charge in [0, 0.05) is 17.1 Å². The van der Waals surface area contributed by atoms with Crippen molar-refractivity contribution in [3.8, 4) is 22.3 Å². The molecule has 1 nitrogen and oxygen atoms in total. The normalized spacial score (nSPS) is 17.4. The van der Waals surface area contributed by atoms with Gasteiger partial charge in [-0.25, -0.2) is 0 Å². The van der Waals surface area contributed by atoms with Gasteiger partial charge in [-0.05, 0) is 165 Å². The van der Waals surface area contributed by atoms with Crippen molar-refractivity contribution in [3.05, 3.63) is 208 Å². The average molecular weight is 692 g/mol. The first-order valence-electron chi connectivity index (χ1n) is 19.5. The van der Waals surface area contributed by atoms with Gasteiger partial charge in [0.05, 0.1) is 5.41 Å². The van der Waals surface area contributed by atoms with Crippen LogP contribution in [0.4, 0.5) is 17.1 Å². The van der Waals surface area contributed by atoms with E-state index in [9.17, 15) is 0 Å². The zero-order chi connectivity index (χ0) is 36.0. The van der Waals surface area contributed by atoms with Crippen LogP contribution in [0.15, 0.2) is 163 Å². The Bertz CT molecular complexity index is 2810. The lowest BCUT2D eigenvalue weighted by atomic mass is 9.68. The number of hydrogen-bond acceptors (Lipinski definition) is 1. The quantitative estimate of drug-likeness (QED) is 0.178. The Morgan fingerprint density at radius 1 is 0.500 bits per heavy atom. The van der Waals surface area contributed by atoms with E-state index in [1.165, 1.54) is 106 Å². The summed E-state index contributed by atoms with van der Waals surface area (Å²) in [5, 5.41) is 2.64. The lowest BCUT2D eigenvalue weighted by Gasteiger charge is -2.34. The van der Waals surface area contributed by atoms with Crippen LogP contribution in [0.3, 0.4) is 0 Å². The highest BCUT2D eigenvalue weighted by atomic mass is 15.1. The van der Waals surface area contributed by atoms with E-state index in [2.05, 4.69) is 183 Å². The summed E-state index contributed by atoms with van der Waals surface area (Å²) in [5.41, 5.74) is 22.3. The first kappa shape index (κ1) is 31.4. The molecule has 0 bridgehead atoms. The zero-order valence-electron chi connectivity index (χ0n) is 30.9. The smallest absolute Gasteiger partial charge is 0.0728 e. The average Bonchev–Trinajstić information content (AvgIpc) is 3.69. The van der Waals surface area contributed by atoms with E-state index in [0.717, 1.165) is 25.7 Å². The van der Waals surface area contributed by atoms with Crippen LogP contribution in [0.1, 0.15) is 63.8 Å². The molecular formula is C53H41N. The van der Waals surface area contributed by atoms with Gasteiger partial charge in [0.25, 0.3) is 0 Å². The molecule has 0 saturated heterocycles. The first-order valence-corrected chi connectivity index (χ1v) is 19.5. The molecule has 1 heteroatoms. The Labute approximate surface area is 318 Å². The third-order valence-electron chi connectivity index (χ3n) is 12.7. The Morgan fingerprint density at radius 2 is 1.19 bits per heavy atom. The predicted octanol–water partition coefficient (Wildman–Crippen LogP) is 14.0. The third-order valence-corrected chi connectivity index (χ3v) is 12.7. The first-order chi connectivity index (χ1) is 26.6. The minimum atomic E-state index is -0.404. The van der Waals surface area contributed by atoms with Crippen molar-refractivity contribution < 1.29 is 0 Å². The number of allylic oxidation sites excluding steroid dienone is 5. The van der Waals surface area contributed by atoms with Gasteiger partial charge in [-0.15, -0.1) is 0 Å². The molecule has 0 radical (unpaired) electrons. The summed E-state index contributed by atoms with van der Waals surface area (Å²) in [5.74, 6) is 0. The van der Waals surface area contributed by atoms with E-state index >= 15 is 0 Å². The van der Waals surface area contributed by atoms with E-state index in [1.807, 2.05) is 0 Å². The molecule has 1 atom stereocenters. The minimum Gasteiger partial charge on any atom is -0.310 e. The molecule has 0 amide bonds. The molecule has 7 aromatic rings. The van der Waals surface area contributed by atoms with Crippen molar-refractivity contribution in [2.24, 2.45) is 0 Å². The molecular weight excluding hydrogens is 651 g/mol. The summed E-state index contributed by atoms with van der Waals surface area (Å²) in [6.07, 6.45) is 13.8. The summed E-state index contributed by atoms with van der Waals surface area (Å²) in [7, 11) is 0. The van der Waals surface area contributed by atoms with Gasteiger partial charge < -0.3 is 4.90 Å². The SMILES string of the molecule is Cc1ccccc1-c1ccc(N(c2ccc3c(c2)C=CCC3)c2ccc3c(c2)C2(C4=C(CCC=C4)c4ccccc42)c2c-3ccc3ccccc23)cc1C. The number of benzene rings is 7. The number of aryl methyl sites for hydroxylation is 3. The van der Waals surface area contributed by atoms with Crippen LogP contribution in [0, 0.1) is 13.8 Å². The second kappa shape index (κ2) is 11.9. The van der Waals surface area contributed by atoms with Gasteiger partial charge in [0.1, 0.15) is 0 Å². The Morgan fingerprint density at radius 3 is 2.07 bits per heavy atom. The second-order valence-corrected chi connectivity index (χ2v) is 15.5. The summed E-state index contributed by atoms with van der Waals surface area (Å²) in [4.78, 5) is 2.50. The predicted molar refractivity (Wildman–Crippen MR) is 228 cm³/mol. The van der Waals surface area contributed by atoms with Crippen LogP contribution in [0.25, 0.3) is 44.7 Å². The minimum absolute atomic E-state index is 0.404. The fourth-order valence-electron chi connectivity index (χ4n) is 10.3. The fourth-order valence-corrected chi connectivity index (χ4v) is 10.3. The van der Waals surface area contributed by atoms with E-state index in [4.69, 9.17) is 0 Å². The van der Waals surface area contributed by atoms with Crippen molar-refractivity contribution >= 4 is 39.5 Å². The van der Waals surface area contributed by atoms with Gasteiger partial charge in [0.15, 0.2) is 0 Å². The summed E-state index contributed by atoms with van der Waals surface area (Å²) in [6, 6.07) is 53.2. The molecule has 0 aromatic heterocycles. The molecule has 4 aliphatic rings. The monoisotopic (exact) mass is 691 g/mol. The molecule has 11 rings (SSSR count). The standard InChI is InChI=1S/C53H41N/c1-34-13-3-7-17-42(34)43-29-26-39(31-35(43)2)54(40-25-23-36-14-4-5-16-38(36)32-40)41-27-30-47-48-28-24-37-15-6-8-18-44(37)52(48)53(51(47)33-41)49-21-11-9-19-45(49)46-20-10-12-22-50(46)53/h3,5-9,11-13,15-19,21-33H,4,10,14,20H2,1-2H3. The number of rotatable bonds is 4.